The Labute approximate surface area is 96.3 Å². The predicted molar refractivity (Wildman–Crippen MR) is 56.8 cm³/mol. The summed E-state index contributed by atoms with van der Waals surface area (Å²) in [4.78, 5) is 11.5. The Morgan fingerprint density at radius 3 is 2.62 bits per heavy atom. The van der Waals surface area contributed by atoms with Crippen molar-refractivity contribution in [3.8, 4) is 0 Å². The Kier molecular flexibility index (Phi) is 4.91. The first-order chi connectivity index (χ1) is 7.38. The van der Waals surface area contributed by atoms with Gasteiger partial charge in [0.1, 0.15) is 0 Å². The minimum absolute atomic E-state index is 0.0503. The van der Waals surface area contributed by atoms with Crippen LogP contribution >= 0.6 is 11.8 Å². The maximum atomic E-state index is 11.8. The van der Waals surface area contributed by atoms with Crippen LogP contribution in [0.3, 0.4) is 0 Å². The van der Waals surface area contributed by atoms with Crippen molar-refractivity contribution in [2.24, 2.45) is 11.7 Å². The smallest absolute Gasteiger partial charge is 0.355 e. The summed E-state index contributed by atoms with van der Waals surface area (Å²) >= 11 is -0.121. The number of nitrogens with one attached hydrogen (secondary N) is 1. The van der Waals surface area contributed by atoms with E-state index in [2.05, 4.69) is 5.32 Å². The second-order valence-corrected chi connectivity index (χ2v) is 5.02. The summed E-state index contributed by atoms with van der Waals surface area (Å²) in [6.45, 7) is 0.0503. The Balaban J connectivity index is 2.11. The van der Waals surface area contributed by atoms with Gasteiger partial charge in [0.25, 0.3) is 0 Å². The van der Waals surface area contributed by atoms with Gasteiger partial charge in [-0.2, -0.15) is 13.2 Å². The molecule has 3 nitrogen and oxygen atoms in total. The van der Waals surface area contributed by atoms with Gasteiger partial charge in [-0.3, -0.25) is 4.79 Å². The van der Waals surface area contributed by atoms with Crippen LogP contribution in [0, 0.1) is 5.92 Å². The van der Waals surface area contributed by atoms with E-state index in [9.17, 15) is 18.0 Å². The van der Waals surface area contributed by atoms with Crippen molar-refractivity contribution < 1.29 is 18.0 Å². The highest BCUT2D eigenvalue weighted by Gasteiger charge is 2.29. The minimum Gasteiger partial charge on any atom is -0.355 e. The lowest BCUT2D eigenvalue weighted by molar-refractivity contribution is -0.124. The van der Waals surface area contributed by atoms with Crippen LogP contribution in [0.1, 0.15) is 19.3 Å². The largest absolute Gasteiger partial charge is 0.441 e. The number of carbonyl (C=O) groups excluding carboxylic acids is 1. The Morgan fingerprint density at radius 2 is 2.12 bits per heavy atom. The van der Waals surface area contributed by atoms with Gasteiger partial charge < -0.3 is 11.1 Å². The lowest BCUT2D eigenvalue weighted by atomic mass is 10.1. The molecule has 2 atom stereocenters. The average Bonchev–Trinajstić information content (AvgIpc) is 2.57. The molecular weight excluding hydrogens is 241 g/mol. The molecule has 0 bridgehead atoms. The quantitative estimate of drug-likeness (QED) is 0.749. The van der Waals surface area contributed by atoms with E-state index in [1.165, 1.54) is 0 Å². The fraction of sp³-hybridized carbons (Fsp3) is 0.889. The lowest BCUT2D eigenvalue weighted by Gasteiger charge is -2.11. The second kappa shape index (κ2) is 5.77. The van der Waals surface area contributed by atoms with E-state index in [1.807, 2.05) is 0 Å². The third-order valence-electron chi connectivity index (χ3n) is 2.51. The van der Waals surface area contributed by atoms with Crippen LogP contribution in [-0.2, 0) is 4.79 Å². The Hall–Kier alpha value is -0.430. The SMILES string of the molecule is NC1CCC(C(=O)NCCSC(F)(F)F)C1. The zero-order valence-corrected chi connectivity index (χ0v) is 9.53. The second-order valence-electron chi connectivity index (χ2n) is 3.86. The molecule has 2 unspecified atom stereocenters. The van der Waals surface area contributed by atoms with Gasteiger partial charge in [0.2, 0.25) is 5.91 Å². The summed E-state index contributed by atoms with van der Waals surface area (Å²) < 4.78 is 35.3. The summed E-state index contributed by atoms with van der Waals surface area (Å²) in [5.41, 5.74) is 1.42. The molecule has 0 aromatic heterocycles. The fourth-order valence-electron chi connectivity index (χ4n) is 1.74. The molecule has 94 valence electrons. The number of nitrogens with two attached hydrogens (primary N) is 1. The molecule has 0 heterocycles. The van der Waals surface area contributed by atoms with E-state index in [0.29, 0.717) is 6.42 Å². The number of alkyl halides is 3. The molecule has 1 saturated carbocycles. The summed E-state index contributed by atoms with van der Waals surface area (Å²) in [6.07, 6.45) is 2.19. The number of thioether (sulfide) groups is 1. The van der Waals surface area contributed by atoms with Crippen molar-refractivity contribution >= 4 is 17.7 Å². The zero-order valence-electron chi connectivity index (χ0n) is 8.72. The molecule has 0 aliphatic heterocycles. The molecule has 16 heavy (non-hydrogen) atoms. The molecule has 7 heteroatoms. The fourth-order valence-corrected chi connectivity index (χ4v) is 2.18. The minimum atomic E-state index is -4.22. The van der Waals surface area contributed by atoms with Gasteiger partial charge in [-0.1, -0.05) is 0 Å². The van der Waals surface area contributed by atoms with Crippen molar-refractivity contribution in [2.75, 3.05) is 12.3 Å². The van der Waals surface area contributed by atoms with Crippen LogP contribution in [0.4, 0.5) is 13.2 Å². The summed E-state index contributed by atoms with van der Waals surface area (Å²) in [7, 11) is 0. The van der Waals surface area contributed by atoms with Crippen molar-refractivity contribution in [1.82, 2.24) is 5.32 Å². The monoisotopic (exact) mass is 256 g/mol. The highest BCUT2D eigenvalue weighted by Crippen LogP contribution is 2.29. The molecule has 0 saturated heterocycles. The van der Waals surface area contributed by atoms with E-state index in [-0.39, 0.29) is 41.9 Å². The van der Waals surface area contributed by atoms with E-state index in [1.54, 1.807) is 0 Å². The van der Waals surface area contributed by atoms with E-state index in [0.717, 1.165) is 12.8 Å². The average molecular weight is 256 g/mol. The number of carbonyl (C=O) groups is 1. The molecule has 0 radical (unpaired) electrons. The number of hydrogen-bond acceptors (Lipinski definition) is 3. The predicted octanol–water partition coefficient (Wildman–Crippen LogP) is 1.48. The first kappa shape index (κ1) is 13.6. The first-order valence-electron chi connectivity index (χ1n) is 5.12. The molecule has 3 N–H and O–H groups in total. The van der Waals surface area contributed by atoms with Gasteiger partial charge >= 0.3 is 5.51 Å². The number of halogens is 3. The first-order valence-corrected chi connectivity index (χ1v) is 6.11. The van der Waals surface area contributed by atoms with Crippen LogP contribution < -0.4 is 11.1 Å². The van der Waals surface area contributed by atoms with Crippen molar-refractivity contribution in [1.29, 1.82) is 0 Å². The third kappa shape index (κ3) is 5.07. The van der Waals surface area contributed by atoms with Gasteiger partial charge in [0.15, 0.2) is 0 Å². The topological polar surface area (TPSA) is 55.1 Å². The third-order valence-corrected chi connectivity index (χ3v) is 3.25. The van der Waals surface area contributed by atoms with Gasteiger partial charge in [-0.25, -0.2) is 0 Å². The molecule has 1 amide bonds. The van der Waals surface area contributed by atoms with Gasteiger partial charge in [0, 0.05) is 24.3 Å². The van der Waals surface area contributed by atoms with Crippen molar-refractivity contribution in [3.63, 3.8) is 0 Å². The van der Waals surface area contributed by atoms with Gasteiger partial charge in [0.05, 0.1) is 0 Å². The van der Waals surface area contributed by atoms with Crippen molar-refractivity contribution in [3.05, 3.63) is 0 Å². The summed E-state index contributed by atoms with van der Waals surface area (Å²) in [5, 5.41) is 2.50. The summed E-state index contributed by atoms with van der Waals surface area (Å²) in [5.74, 6) is -0.435. The van der Waals surface area contributed by atoms with E-state index < -0.39 is 5.51 Å². The molecule has 1 fully saturated rings. The number of amides is 1. The van der Waals surface area contributed by atoms with Crippen LogP contribution in [-0.4, -0.2) is 29.8 Å². The Bertz CT molecular complexity index is 247. The van der Waals surface area contributed by atoms with E-state index in [4.69, 9.17) is 5.73 Å². The maximum absolute atomic E-state index is 11.8. The van der Waals surface area contributed by atoms with Crippen LogP contribution in [0.5, 0.6) is 0 Å². The summed E-state index contributed by atoms with van der Waals surface area (Å²) in [6, 6.07) is 0.0558. The molecule has 0 aromatic carbocycles. The van der Waals surface area contributed by atoms with Crippen molar-refractivity contribution in [2.45, 2.75) is 30.8 Å². The van der Waals surface area contributed by atoms with Gasteiger partial charge in [-0.15, -0.1) is 0 Å². The molecule has 1 aliphatic rings. The normalized spacial score (nSPS) is 25.8. The number of hydrogen-bond donors (Lipinski definition) is 2. The van der Waals surface area contributed by atoms with E-state index >= 15 is 0 Å². The number of rotatable bonds is 4. The molecule has 1 aliphatic carbocycles. The highest BCUT2D eigenvalue weighted by molar-refractivity contribution is 8.00. The lowest BCUT2D eigenvalue weighted by Crippen LogP contribution is -2.32. The molecule has 1 rings (SSSR count). The maximum Gasteiger partial charge on any atom is 0.441 e. The van der Waals surface area contributed by atoms with Crippen LogP contribution in [0.15, 0.2) is 0 Å². The Morgan fingerprint density at radius 1 is 1.44 bits per heavy atom. The molecular formula is C9H15F3N2OS. The highest BCUT2D eigenvalue weighted by atomic mass is 32.2. The van der Waals surface area contributed by atoms with Crippen LogP contribution in [0.2, 0.25) is 0 Å². The van der Waals surface area contributed by atoms with Crippen LogP contribution in [0.25, 0.3) is 0 Å². The van der Waals surface area contributed by atoms with Gasteiger partial charge in [-0.05, 0) is 31.0 Å². The zero-order chi connectivity index (χ0) is 12.2. The molecule has 0 aromatic rings. The molecule has 0 spiro atoms. The standard InChI is InChI=1S/C9H15F3N2OS/c10-9(11,12)16-4-3-14-8(15)6-1-2-7(13)5-6/h6-7H,1-5,13H2,(H,14,15).